The van der Waals surface area contributed by atoms with Crippen molar-refractivity contribution in [3.8, 4) is 0 Å². The van der Waals surface area contributed by atoms with Crippen molar-refractivity contribution in [2.75, 3.05) is 12.8 Å². The molecule has 3 nitrogen and oxygen atoms in total. The summed E-state index contributed by atoms with van der Waals surface area (Å²) in [5, 5.41) is 7.70. The summed E-state index contributed by atoms with van der Waals surface area (Å²) in [5.41, 5.74) is 2.37. The fraction of sp³-hybridized carbons (Fsp3) is 0.375. The molecule has 1 N–H and O–H groups in total. The minimum Gasteiger partial charge on any atom is -0.310 e. The van der Waals surface area contributed by atoms with Crippen LogP contribution in [0.5, 0.6) is 0 Å². The molecule has 2 rings (SSSR count). The molecule has 1 aromatic carbocycles. The molecule has 1 heterocycles. The Labute approximate surface area is 130 Å². The Bertz CT molecular complexity index is 663. The molecule has 2 aromatic rings. The number of aryl methyl sites for hydroxylation is 1. The minimum absolute atomic E-state index is 0.177. The Balaban J connectivity index is 2.17. The van der Waals surface area contributed by atoms with E-state index in [1.807, 2.05) is 12.1 Å². The molecule has 0 aliphatic carbocycles. The number of thiophene rings is 1. The third kappa shape index (κ3) is 4.66. The van der Waals surface area contributed by atoms with Crippen LogP contribution in [-0.2, 0) is 16.3 Å². The zero-order valence-electron chi connectivity index (χ0n) is 12.4. The number of hydrogen-bond donors (Lipinski definition) is 1. The minimum atomic E-state index is -3.16. The van der Waals surface area contributed by atoms with E-state index in [1.54, 1.807) is 23.5 Å². The maximum absolute atomic E-state index is 11.7. The van der Waals surface area contributed by atoms with E-state index in [0.717, 1.165) is 24.9 Å². The van der Waals surface area contributed by atoms with Crippen molar-refractivity contribution in [1.82, 2.24) is 5.32 Å². The van der Waals surface area contributed by atoms with E-state index in [9.17, 15) is 8.42 Å². The molecule has 114 valence electrons. The first-order valence-electron chi connectivity index (χ1n) is 7.05. The van der Waals surface area contributed by atoms with Gasteiger partial charge in [0.15, 0.2) is 9.84 Å². The Morgan fingerprint density at radius 1 is 1.29 bits per heavy atom. The van der Waals surface area contributed by atoms with E-state index < -0.39 is 9.84 Å². The first kappa shape index (κ1) is 16.2. The number of nitrogens with one attached hydrogen (secondary N) is 1. The van der Waals surface area contributed by atoms with Crippen LogP contribution < -0.4 is 5.32 Å². The van der Waals surface area contributed by atoms with E-state index in [2.05, 4.69) is 29.1 Å². The van der Waals surface area contributed by atoms with Gasteiger partial charge in [0.2, 0.25) is 0 Å². The van der Waals surface area contributed by atoms with E-state index in [1.165, 1.54) is 11.8 Å². The lowest BCUT2D eigenvalue weighted by atomic mass is 10.00. The third-order valence-corrected chi connectivity index (χ3v) is 5.28. The van der Waals surface area contributed by atoms with Crippen LogP contribution in [-0.4, -0.2) is 21.2 Å². The van der Waals surface area contributed by atoms with Crippen LogP contribution >= 0.6 is 11.3 Å². The molecular formula is C16H21NO2S2. The lowest BCUT2D eigenvalue weighted by Gasteiger charge is -2.18. The fourth-order valence-corrected chi connectivity index (χ4v) is 3.72. The Morgan fingerprint density at radius 2 is 2.10 bits per heavy atom. The van der Waals surface area contributed by atoms with Crippen molar-refractivity contribution >= 4 is 21.2 Å². The van der Waals surface area contributed by atoms with E-state index in [4.69, 9.17) is 0 Å². The van der Waals surface area contributed by atoms with Gasteiger partial charge in [0.25, 0.3) is 0 Å². The summed E-state index contributed by atoms with van der Waals surface area (Å²) < 4.78 is 23.4. The molecule has 0 amide bonds. The lowest BCUT2D eigenvalue weighted by molar-refractivity contribution is 0.514. The summed E-state index contributed by atoms with van der Waals surface area (Å²) in [5.74, 6) is 0. The summed E-state index contributed by atoms with van der Waals surface area (Å²) in [6, 6.07) is 9.57. The predicted octanol–water partition coefficient (Wildman–Crippen LogP) is 3.44. The molecular weight excluding hydrogens is 302 g/mol. The lowest BCUT2D eigenvalue weighted by Crippen LogP contribution is -2.21. The highest BCUT2D eigenvalue weighted by molar-refractivity contribution is 7.90. The first-order chi connectivity index (χ1) is 10.0. The third-order valence-electron chi connectivity index (χ3n) is 3.44. The molecule has 0 saturated carbocycles. The van der Waals surface area contributed by atoms with E-state index >= 15 is 0 Å². The average molecular weight is 323 g/mol. The topological polar surface area (TPSA) is 46.2 Å². The van der Waals surface area contributed by atoms with Gasteiger partial charge in [-0.2, -0.15) is 11.3 Å². The van der Waals surface area contributed by atoms with Crippen molar-refractivity contribution in [3.05, 3.63) is 52.2 Å². The molecule has 0 aliphatic rings. The largest absolute Gasteiger partial charge is 0.310 e. The maximum atomic E-state index is 11.7. The van der Waals surface area contributed by atoms with Crippen LogP contribution in [0.2, 0.25) is 0 Å². The SMILES string of the molecule is CCNC(CCc1ccsc1)c1cccc(S(C)(=O)=O)c1. The van der Waals surface area contributed by atoms with Gasteiger partial charge in [0.1, 0.15) is 0 Å². The molecule has 0 bridgehead atoms. The quantitative estimate of drug-likeness (QED) is 0.849. The highest BCUT2D eigenvalue weighted by Crippen LogP contribution is 2.22. The van der Waals surface area contributed by atoms with Crippen LogP contribution in [0.15, 0.2) is 46.0 Å². The van der Waals surface area contributed by atoms with Crippen molar-refractivity contribution in [3.63, 3.8) is 0 Å². The molecule has 0 fully saturated rings. The molecule has 1 aromatic heterocycles. The zero-order chi connectivity index (χ0) is 15.3. The highest BCUT2D eigenvalue weighted by Gasteiger charge is 2.14. The van der Waals surface area contributed by atoms with Gasteiger partial charge in [0.05, 0.1) is 4.90 Å². The molecule has 0 radical (unpaired) electrons. The van der Waals surface area contributed by atoms with Crippen molar-refractivity contribution in [2.45, 2.75) is 30.7 Å². The van der Waals surface area contributed by atoms with Gasteiger partial charge < -0.3 is 5.32 Å². The van der Waals surface area contributed by atoms with Crippen LogP contribution in [0.4, 0.5) is 0 Å². The summed E-state index contributed by atoms with van der Waals surface area (Å²) in [4.78, 5) is 0.387. The first-order valence-corrected chi connectivity index (χ1v) is 9.88. The second kappa shape index (κ2) is 7.20. The molecule has 0 aliphatic heterocycles. The van der Waals surface area contributed by atoms with Crippen molar-refractivity contribution < 1.29 is 8.42 Å². The van der Waals surface area contributed by atoms with Gasteiger partial charge in [-0.25, -0.2) is 8.42 Å². The van der Waals surface area contributed by atoms with Crippen LogP contribution in [0, 0.1) is 0 Å². The molecule has 0 saturated heterocycles. The summed E-state index contributed by atoms with van der Waals surface area (Å²) in [7, 11) is -3.16. The van der Waals surface area contributed by atoms with Gasteiger partial charge in [-0.15, -0.1) is 0 Å². The fourth-order valence-electron chi connectivity index (χ4n) is 2.34. The normalized spacial score (nSPS) is 13.2. The van der Waals surface area contributed by atoms with Crippen molar-refractivity contribution in [1.29, 1.82) is 0 Å². The number of benzene rings is 1. The van der Waals surface area contributed by atoms with Gasteiger partial charge >= 0.3 is 0 Å². The zero-order valence-corrected chi connectivity index (χ0v) is 14.0. The number of rotatable bonds is 7. The molecule has 1 atom stereocenters. The standard InChI is InChI=1S/C16H21NO2S2/c1-3-17-16(8-7-13-9-10-20-12-13)14-5-4-6-15(11-14)21(2,18)19/h4-6,9-12,16-17H,3,7-8H2,1-2H3. The summed E-state index contributed by atoms with van der Waals surface area (Å²) in [6.07, 6.45) is 3.20. The Hall–Kier alpha value is -1.17. The van der Waals surface area contributed by atoms with Gasteiger partial charge in [-0.1, -0.05) is 19.1 Å². The van der Waals surface area contributed by atoms with Gasteiger partial charge in [-0.05, 0) is 59.5 Å². The van der Waals surface area contributed by atoms with Crippen molar-refractivity contribution in [2.24, 2.45) is 0 Å². The predicted molar refractivity (Wildman–Crippen MR) is 88.6 cm³/mol. The van der Waals surface area contributed by atoms with Crippen LogP contribution in [0.25, 0.3) is 0 Å². The monoisotopic (exact) mass is 323 g/mol. The average Bonchev–Trinajstić information content (AvgIpc) is 2.96. The maximum Gasteiger partial charge on any atom is 0.175 e. The second-order valence-corrected chi connectivity index (χ2v) is 7.92. The molecule has 21 heavy (non-hydrogen) atoms. The van der Waals surface area contributed by atoms with Gasteiger partial charge in [0, 0.05) is 12.3 Å². The number of hydrogen-bond acceptors (Lipinski definition) is 4. The van der Waals surface area contributed by atoms with Gasteiger partial charge in [-0.3, -0.25) is 0 Å². The van der Waals surface area contributed by atoms with Crippen LogP contribution in [0.3, 0.4) is 0 Å². The molecule has 5 heteroatoms. The Kier molecular flexibility index (Phi) is 5.56. The summed E-state index contributed by atoms with van der Waals surface area (Å²) >= 11 is 1.71. The smallest absolute Gasteiger partial charge is 0.175 e. The van der Waals surface area contributed by atoms with E-state index in [-0.39, 0.29) is 6.04 Å². The number of sulfone groups is 1. The summed E-state index contributed by atoms with van der Waals surface area (Å²) in [6.45, 7) is 2.93. The van der Waals surface area contributed by atoms with E-state index in [0.29, 0.717) is 4.90 Å². The highest BCUT2D eigenvalue weighted by atomic mass is 32.2. The Morgan fingerprint density at radius 3 is 2.71 bits per heavy atom. The molecule has 1 unspecified atom stereocenters. The second-order valence-electron chi connectivity index (χ2n) is 5.13. The molecule has 0 spiro atoms. The van der Waals surface area contributed by atoms with Crippen LogP contribution in [0.1, 0.15) is 30.5 Å².